The lowest BCUT2D eigenvalue weighted by Gasteiger charge is -2.04. The molecule has 0 fully saturated rings. The van der Waals surface area contributed by atoms with E-state index in [2.05, 4.69) is 0 Å². The first-order valence-corrected chi connectivity index (χ1v) is 4.56. The molecule has 1 aromatic rings. The predicted molar refractivity (Wildman–Crippen MR) is 51.8 cm³/mol. The topological polar surface area (TPSA) is 0 Å². The molecule has 0 saturated heterocycles. The lowest BCUT2D eigenvalue weighted by Crippen LogP contribution is -1.90. The van der Waals surface area contributed by atoms with Gasteiger partial charge in [-0.25, -0.2) is 8.78 Å². The van der Waals surface area contributed by atoms with E-state index in [4.69, 9.17) is 0 Å². The van der Waals surface area contributed by atoms with E-state index < -0.39 is 11.6 Å². The van der Waals surface area contributed by atoms with Gasteiger partial charge in [-0.15, -0.1) is 0 Å². The van der Waals surface area contributed by atoms with Gasteiger partial charge in [0.15, 0.2) is 11.6 Å². The molecule has 2 heteroatoms. The molecular weight excluding hydrogens is 170 g/mol. The molecule has 0 nitrogen and oxygen atoms in total. The molecule has 0 aliphatic rings. The molecule has 1 aromatic carbocycles. The molecule has 0 unspecified atom stereocenters. The molecule has 0 heterocycles. The molecule has 0 aliphatic heterocycles. The van der Waals surface area contributed by atoms with Crippen molar-refractivity contribution in [2.24, 2.45) is 0 Å². The monoisotopic (exact) mass is 186 g/mol. The minimum Gasteiger partial charge on any atom is -0.204 e. The Morgan fingerprint density at radius 3 is 1.92 bits per heavy atom. The van der Waals surface area contributed by atoms with Gasteiger partial charge in [-0.1, -0.05) is 33.8 Å². The van der Waals surface area contributed by atoms with E-state index in [0.29, 0.717) is 0 Å². The summed E-state index contributed by atoms with van der Waals surface area (Å²) in [5, 5.41) is 0. The SMILES string of the molecule is CC.CC(C)c1ccc(F)c(F)c1. The fourth-order valence-electron chi connectivity index (χ4n) is 0.871. The highest BCUT2D eigenvalue weighted by Crippen LogP contribution is 2.16. The lowest BCUT2D eigenvalue weighted by molar-refractivity contribution is 0.506. The van der Waals surface area contributed by atoms with E-state index in [-0.39, 0.29) is 5.92 Å². The van der Waals surface area contributed by atoms with E-state index in [0.717, 1.165) is 11.6 Å². The van der Waals surface area contributed by atoms with E-state index >= 15 is 0 Å². The van der Waals surface area contributed by atoms with Crippen LogP contribution in [0.4, 0.5) is 8.78 Å². The Kier molecular flexibility index (Phi) is 5.28. The first kappa shape index (κ1) is 12.1. The van der Waals surface area contributed by atoms with Gasteiger partial charge < -0.3 is 0 Å². The smallest absolute Gasteiger partial charge is 0.159 e. The standard InChI is InChI=1S/C9H10F2.C2H6/c1-6(2)7-3-4-8(10)9(11)5-7;1-2/h3-6H,1-2H3;1-2H3. The average Bonchev–Trinajstić information content (AvgIpc) is 2.13. The van der Waals surface area contributed by atoms with Crippen molar-refractivity contribution in [3.8, 4) is 0 Å². The summed E-state index contributed by atoms with van der Waals surface area (Å²) in [6.07, 6.45) is 0. The molecule has 0 spiro atoms. The Labute approximate surface area is 78.6 Å². The highest BCUT2D eigenvalue weighted by Gasteiger charge is 2.04. The minimum atomic E-state index is -0.783. The second kappa shape index (κ2) is 5.68. The number of hydrogen-bond donors (Lipinski definition) is 0. The summed E-state index contributed by atoms with van der Waals surface area (Å²) in [6.45, 7) is 7.87. The van der Waals surface area contributed by atoms with Crippen LogP contribution in [0.5, 0.6) is 0 Å². The van der Waals surface area contributed by atoms with Crippen LogP contribution in [0.2, 0.25) is 0 Å². The summed E-state index contributed by atoms with van der Waals surface area (Å²) >= 11 is 0. The van der Waals surface area contributed by atoms with Gasteiger partial charge in [0.05, 0.1) is 0 Å². The van der Waals surface area contributed by atoms with Gasteiger partial charge in [-0.05, 0) is 23.6 Å². The zero-order chi connectivity index (χ0) is 10.4. The highest BCUT2D eigenvalue weighted by molar-refractivity contribution is 5.20. The maximum absolute atomic E-state index is 12.6. The van der Waals surface area contributed by atoms with Crippen LogP contribution in [0.25, 0.3) is 0 Å². The molecule has 0 saturated carbocycles. The number of benzene rings is 1. The van der Waals surface area contributed by atoms with Gasteiger partial charge in [-0.3, -0.25) is 0 Å². The van der Waals surface area contributed by atoms with Crippen molar-refractivity contribution in [1.82, 2.24) is 0 Å². The third kappa shape index (κ3) is 3.53. The number of halogens is 2. The fraction of sp³-hybridized carbons (Fsp3) is 0.455. The highest BCUT2D eigenvalue weighted by atomic mass is 19.2. The fourth-order valence-corrected chi connectivity index (χ4v) is 0.871. The van der Waals surface area contributed by atoms with Crippen molar-refractivity contribution >= 4 is 0 Å². The molecule has 0 aromatic heterocycles. The van der Waals surface area contributed by atoms with Crippen molar-refractivity contribution in [3.05, 3.63) is 35.4 Å². The summed E-state index contributed by atoms with van der Waals surface area (Å²) in [6, 6.07) is 3.99. The van der Waals surface area contributed by atoms with Gasteiger partial charge in [0.25, 0.3) is 0 Å². The van der Waals surface area contributed by atoms with Crippen LogP contribution < -0.4 is 0 Å². The third-order valence-corrected chi connectivity index (χ3v) is 1.61. The quantitative estimate of drug-likeness (QED) is 0.619. The van der Waals surface area contributed by atoms with Crippen LogP contribution in [0.1, 0.15) is 39.2 Å². The Bertz CT molecular complexity index is 254. The second-order valence-corrected chi connectivity index (χ2v) is 2.83. The Morgan fingerprint density at radius 1 is 1.00 bits per heavy atom. The van der Waals surface area contributed by atoms with E-state index in [1.54, 1.807) is 6.07 Å². The zero-order valence-electron chi connectivity index (χ0n) is 8.57. The number of hydrogen-bond acceptors (Lipinski definition) is 0. The molecule has 0 N–H and O–H groups in total. The van der Waals surface area contributed by atoms with Crippen molar-refractivity contribution in [1.29, 1.82) is 0 Å². The zero-order valence-corrected chi connectivity index (χ0v) is 8.57. The van der Waals surface area contributed by atoms with Gasteiger partial charge >= 0.3 is 0 Å². The summed E-state index contributed by atoms with van der Waals surface area (Å²) in [7, 11) is 0. The van der Waals surface area contributed by atoms with Gasteiger partial charge in [-0.2, -0.15) is 0 Å². The Balaban J connectivity index is 0.000000671. The van der Waals surface area contributed by atoms with Crippen molar-refractivity contribution in [2.75, 3.05) is 0 Å². The van der Waals surface area contributed by atoms with Crippen LogP contribution in [0.15, 0.2) is 18.2 Å². The molecule has 0 amide bonds. The summed E-state index contributed by atoms with van der Waals surface area (Å²) in [4.78, 5) is 0. The molecule has 0 radical (unpaired) electrons. The minimum absolute atomic E-state index is 0.241. The summed E-state index contributed by atoms with van der Waals surface area (Å²) in [5.74, 6) is -1.31. The van der Waals surface area contributed by atoms with Crippen molar-refractivity contribution in [3.63, 3.8) is 0 Å². The largest absolute Gasteiger partial charge is 0.204 e. The second-order valence-electron chi connectivity index (χ2n) is 2.83. The lowest BCUT2D eigenvalue weighted by atomic mass is 10.0. The van der Waals surface area contributed by atoms with E-state index in [9.17, 15) is 8.78 Å². The van der Waals surface area contributed by atoms with Gasteiger partial charge in [0, 0.05) is 0 Å². The van der Waals surface area contributed by atoms with Crippen molar-refractivity contribution in [2.45, 2.75) is 33.6 Å². The Hall–Kier alpha value is -0.920. The van der Waals surface area contributed by atoms with Gasteiger partial charge in [0.2, 0.25) is 0 Å². The molecular formula is C11H16F2. The number of rotatable bonds is 1. The van der Waals surface area contributed by atoms with Crippen molar-refractivity contribution < 1.29 is 8.78 Å². The Morgan fingerprint density at radius 2 is 1.54 bits per heavy atom. The third-order valence-electron chi connectivity index (χ3n) is 1.61. The van der Waals surface area contributed by atoms with Crippen LogP contribution in [-0.2, 0) is 0 Å². The van der Waals surface area contributed by atoms with E-state index in [1.165, 1.54) is 6.07 Å². The molecule has 0 atom stereocenters. The maximum atomic E-state index is 12.6. The van der Waals surface area contributed by atoms with Crippen LogP contribution in [-0.4, -0.2) is 0 Å². The molecule has 1 rings (SSSR count). The molecule has 0 aliphatic carbocycles. The normalized spacial score (nSPS) is 9.46. The summed E-state index contributed by atoms with van der Waals surface area (Å²) < 4.78 is 25.0. The maximum Gasteiger partial charge on any atom is 0.159 e. The predicted octanol–water partition coefficient (Wildman–Crippen LogP) is 4.11. The van der Waals surface area contributed by atoms with Crippen LogP contribution in [0.3, 0.4) is 0 Å². The molecule has 13 heavy (non-hydrogen) atoms. The van der Waals surface area contributed by atoms with Crippen LogP contribution >= 0.6 is 0 Å². The van der Waals surface area contributed by atoms with E-state index in [1.807, 2.05) is 27.7 Å². The summed E-state index contributed by atoms with van der Waals surface area (Å²) in [5.41, 5.74) is 0.823. The molecule has 0 bridgehead atoms. The average molecular weight is 186 g/mol. The first-order valence-electron chi connectivity index (χ1n) is 4.56. The van der Waals surface area contributed by atoms with Crippen LogP contribution in [0, 0.1) is 11.6 Å². The van der Waals surface area contributed by atoms with Gasteiger partial charge in [0.1, 0.15) is 0 Å². The molecule has 74 valence electrons. The first-order chi connectivity index (χ1) is 6.11.